The summed E-state index contributed by atoms with van der Waals surface area (Å²) in [5.74, 6) is 0. The van der Waals surface area contributed by atoms with Crippen LogP contribution in [0.4, 0.5) is 0 Å². The molecule has 0 fully saturated rings. The Labute approximate surface area is 266 Å². The fraction of sp³-hybridized carbons (Fsp3) is 0.600. The molecule has 1 heterocycles. The second kappa shape index (κ2) is 17.4. The van der Waals surface area contributed by atoms with Crippen molar-refractivity contribution in [2.45, 2.75) is 58.4 Å². The third kappa shape index (κ3) is 13.1. The van der Waals surface area contributed by atoms with Gasteiger partial charge in [-0.1, -0.05) is 43.7 Å². The smallest absolute Gasteiger partial charge is 0.810 e. The van der Waals surface area contributed by atoms with Gasteiger partial charge in [0.25, 0.3) is 0 Å². The van der Waals surface area contributed by atoms with E-state index in [1.807, 2.05) is 26.8 Å². The van der Waals surface area contributed by atoms with E-state index >= 15 is 0 Å². The molecule has 0 unspecified atom stereocenters. The van der Waals surface area contributed by atoms with Gasteiger partial charge in [-0.2, -0.15) is 0 Å². The standard InChI is InChI=1S/C15H27N3O6P2.4Na/c1-12(2)6-5-7-13(3)8-9-18-11-14(16-17-18)10-15(4,25(19,20)21)26(22,23)24;;;;/h6,8,11H,5,7,9-10H2,1-4H3,(H2,19,20,21)(H2,22,23,24);;;;/q;4*+1/p-4/b13-8+;;;;. The van der Waals surface area contributed by atoms with Crippen molar-refractivity contribution < 1.29 is 147 Å². The Hall–Kier alpha value is 2.92. The maximum atomic E-state index is 11.3. The number of aromatic nitrogens is 3. The molecule has 0 aliphatic rings. The first-order valence-corrected chi connectivity index (χ1v) is 11.1. The van der Waals surface area contributed by atoms with Gasteiger partial charge in [-0.25, -0.2) is 4.68 Å². The second-order valence-corrected chi connectivity index (χ2v) is 11.0. The number of hydrogen-bond donors (Lipinski definition) is 0. The summed E-state index contributed by atoms with van der Waals surface area (Å²) in [6.07, 6.45) is 6.31. The Kier molecular flexibility index (Phi) is 23.2. The van der Waals surface area contributed by atoms with Crippen LogP contribution >= 0.6 is 15.2 Å². The van der Waals surface area contributed by atoms with Crippen molar-refractivity contribution in [3.05, 3.63) is 35.2 Å². The third-order valence-electron chi connectivity index (χ3n) is 4.00. The molecule has 0 N–H and O–H groups in total. The molecular formula is C15H23N3Na4O6P2. The van der Waals surface area contributed by atoms with Gasteiger partial charge >= 0.3 is 118 Å². The Bertz CT molecular complexity index is 765. The van der Waals surface area contributed by atoms with Crippen molar-refractivity contribution in [2.75, 3.05) is 0 Å². The van der Waals surface area contributed by atoms with Crippen molar-refractivity contribution >= 4 is 15.2 Å². The molecule has 0 aliphatic heterocycles. The predicted molar refractivity (Wildman–Crippen MR) is 89.8 cm³/mol. The molecule has 0 aliphatic carbocycles. The third-order valence-corrected chi connectivity index (χ3v) is 8.15. The zero-order valence-corrected chi connectivity index (χ0v) is 29.0. The van der Waals surface area contributed by atoms with Gasteiger partial charge in [0.1, 0.15) is 0 Å². The van der Waals surface area contributed by atoms with Gasteiger partial charge in [0.05, 0.1) is 12.2 Å². The van der Waals surface area contributed by atoms with Gasteiger partial charge in [-0.05, 0) is 40.5 Å². The normalized spacial score (nSPS) is 11.9. The summed E-state index contributed by atoms with van der Waals surface area (Å²) in [7, 11) is -11.4. The molecule has 1 aromatic rings. The number of allylic oxidation sites excluding steroid dienone is 4. The molecule has 9 nitrogen and oxygen atoms in total. The van der Waals surface area contributed by atoms with Crippen LogP contribution in [0, 0.1) is 0 Å². The first-order valence-electron chi connectivity index (χ1n) is 7.98. The molecular weight excluding hydrogens is 472 g/mol. The summed E-state index contributed by atoms with van der Waals surface area (Å²) >= 11 is 0. The maximum Gasteiger partial charge on any atom is 1.00 e. The molecule has 0 amide bonds. The van der Waals surface area contributed by atoms with Crippen LogP contribution in [0.25, 0.3) is 0 Å². The van der Waals surface area contributed by atoms with Crippen LogP contribution in [-0.4, -0.2) is 19.9 Å². The van der Waals surface area contributed by atoms with E-state index in [4.69, 9.17) is 0 Å². The summed E-state index contributed by atoms with van der Waals surface area (Å²) in [4.78, 5) is 42.2. The fourth-order valence-electron chi connectivity index (χ4n) is 2.14. The van der Waals surface area contributed by atoms with E-state index in [2.05, 4.69) is 16.4 Å². The molecule has 0 spiro atoms. The first kappa shape index (κ1) is 40.1. The van der Waals surface area contributed by atoms with Gasteiger partial charge in [0.2, 0.25) is 0 Å². The average molecular weight is 495 g/mol. The Morgan fingerprint density at radius 1 is 1.03 bits per heavy atom. The minimum Gasteiger partial charge on any atom is -0.810 e. The summed E-state index contributed by atoms with van der Waals surface area (Å²) in [6, 6.07) is 0. The molecule has 0 radical (unpaired) electrons. The van der Waals surface area contributed by atoms with Crippen LogP contribution in [0.5, 0.6) is 0 Å². The number of rotatable bonds is 9. The summed E-state index contributed by atoms with van der Waals surface area (Å²) in [5.41, 5.74) is 2.31. The van der Waals surface area contributed by atoms with Gasteiger partial charge in [0.15, 0.2) is 0 Å². The second-order valence-electron chi connectivity index (χ2n) is 6.69. The van der Waals surface area contributed by atoms with Crippen molar-refractivity contribution in [1.29, 1.82) is 0 Å². The summed E-state index contributed by atoms with van der Waals surface area (Å²) in [5, 5.41) is 7.44. The Balaban J connectivity index is -0.000000845. The molecule has 30 heavy (non-hydrogen) atoms. The molecule has 0 saturated carbocycles. The van der Waals surface area contributed by atoms with Crippen molar-refractivity contribution in [1.82, 2.24) is 15.0 Å². The van der Waals surface area contributed by atoms with E-state index in [0.29, 0.717) is 13.5 Å². The van der Waals surface area contributed by atoms with Gasteiger partial charge in [-0.15, -0.1) is 5.10 Å². The fourth-order valence-corrected chi connectivity index (χ4v) is 4.05. The molecule has 1 rings (SSSR count). The molecule has 0 bridgehead atoms. The van der Waals surface area contributed by atoms with Crippen LogP contribution in [-0.2, 0) is 22.1 Å². The molecule has 0 atom stereocenters. The molecule has 148 valence electrons. The number of hydrogen-bond acceptors (Lipinski definition) is 8. The van der Waals surface area contributed by atoms with Gasteiger partial charge in [0, 0.05) is 17.5 Å². The predicted octanol–water partition coefficient (Wildman–Crippen LogP) is -11.9. The van der Waals surface area contributed by atoms with Gasteiger partial charge in [-0.3, -0.25) is 0 Å². The Morgan fingerprint density at radius 2 is 1.53 bits per heavy atom. The van der Waals surface area contributed by atoms with E-state index in [9.17, 15) is 28.7 Å². The maximum absolute atomic E-state index is 11.3. The van der Waals surface area contributed by atoms with Crippen LogP contribution in [0.2, 0.25) is 0 Å². The average Bonchev–Trinajstić information content (AvgIpc) is 2.89. The van der Waals surface area contributed by atoms with Crippen molar-refractivity contribution in [2.24, 2.45) is 0 Å². The minimum absolute atomic E-state index is 0. The number of nitrogens with zero attached hydrogens (tertiary/aromatic N) is 3. The van der Waals surface area contributed by atoms with Gasteiger partial charge < -0.3 is 28.7 Å². The van der Waals surface area contributed by atoms with E-state index in [0.717, 1.165) is 18.4 Å². The zero-order chi connectivity index (χ0) is 20.2. The quantitative estimate of drug-likeness (QED) is 0.186. The van der Waals surface area contributed by atoms with Crippen LogP contribution in [0.15, 0.2) is 29.5 Å². The molecule has 0 aromatic carbocycles. The molecule has 1 aromatic heterocycles. The summed E-state index contributed by atoms with van der Waals surface area (Å²) in [6.45, 7) is 6.97. The van der Waals surface area contributed by atoms with E-state index in [-0.39, 0.29) is 124 Å². The topological polar surface area (TPSA) is 157 Å². The van der Waals surface area contributed by atoms with E-state index < -0.39 is 26.5 Å². The van der Waals surface area contributed by atoms with Crippen LogP contribution in [0.3, 0.4) is 0 Å². The summed E-state index contributed by atoms with van der Waals surface area (Å²) < 4.78 is 24.0. The largest absolute Gasteiger partial charge is 1.00 e. The van der Waals surface area contributed by atoms with E-state index in [1.165, 1.54) is 16.5 Å². The monoisotopic (exact) mass is 495 g/mol. The van der Waals surface area contributed by atoms with E-state index in [1.54, 1.807) is 0 Å². The molecule has 0 saturated heterocycles. The first-order chi connectivity index (χ1) is 11.8. The Morgan fingerprint density at radius 3 is 1.97 bits per heavy atom. The van der Waals surface area contributed by atoms with Crippen LogP contribution < -0.4 is 138 Å². The molecule has 15 heteroatoms. The van der Waals surface area contributed by atoms with Crippen molar-refractivity contribution in [3.8, 4) is 0 Å². The minimum atomic E-state index is -5.70. The SMILES string of the molecule is CC(C)=CCC/C(C)=C/Cn1cc(CC(C)(P(=O)([O-])[O-])P(=O)([O-])[O-])nn1.[Na+].[Na+].[Na+].[Na+]. The zero-order valence-electron chi connectivity index (χ0n) is 19.2. The van der Waals surface area contributed by atoms with Crippen molar-refractivity contribution in [3.63, 3.8) is 0 Å². The van der Waals surface area contributed by atoms with Crippen LogP contribution in [0.1, 0.15) is 46.2 Å².